The van der Waals surface area contributed by atoms with Crippen molar-refractivity contribution in [3.8, 4) is 0 Å². The molecular weight excluding hydrogens is 232 g/mol. The van der Waals surface area contributed by atoms with Crippen LogP contribution < -0.4 is 9.80 Å². The van der Waals surface area contributed by atoms with Gasteiger partial charge in [0, 0.05) is 34.6 Å². The molecule has 2 N–H and O–H groups in total. The van der Waals surface area contributed by atoms with Gasteiger partial charge in [0.15, 0.2) is 6.10 Å². The molecule has 18 heavy (non-hydrogen) atoms. The van der Waals surface area contributed by atoms with Crippen LogP contribution >= 0.6 is 0 Å². The third-order valence-corrected chi connectivity index (χ3v) is 2.72. The number of anilines is 2. The number of aliphatic hydroxyl groups is 1. The quantitative estimate of drug-likeness (QED) is 0.812. The lowest BCUT2D eigenvalue weighted by atomic mass is 10.1. The van der Waals surface area contributed by atoms with Gasteiger partial charge in [0.2, 0.25) is 0 Å². The molecule has 0 aliphatic heterocycles. The van der Waals surface area contributed by atoms with Crippen LogP contribution in [0, 0.1) is 0 Å². The Bertz CT molecular complexity index is 430. The summed E-state index contributed by atoms with van der Waals surface area (Å²) in [6.45, 7) is 0. The first-order valence-corrected chi connectivity index (χ1v) is 5.71. The molecule has 0 bridgehead atoms. The van der Waals surface area contributed by atoms with Crippen LogP contribution in [0.3, 0.4) is 0 Å². The molecule has 0 aliphatic carbocycles. The van der Waals surface area contributed by atoms with E-state index in [1.807, 2.05) is 56.2 Å². The zero-order valence-corrected chi connectivity index (χ0v) is 11.2. The smallest absolute Gasteiger partial charge is 0.332 e. The molecule has 0 unspecified atom stereocenters. The van der Waals surface area contributed by atoms with Crippen LogP contribution in [0.4, 0.5) is 11.4 Å². The normalized spacial score (nSPS) is 12.1. The van der Waals surface area contributed by atoms with Crippen molar-refractivity contribution < 1.29 is 15.0 Å². The molecule has 5 nitrogen and oxygen atoms in total. The number of hydrogen-bond donors (Lipinski definition) is 2. The molecule has 0 amide bonds. The van der Waals surface area contributed by atoms with Gasteiger partial charge in [0.1, 0.15) is 0 Å². The van der Waals surface area contributed by atoms with Crippen molar-refractivity contribution in [3.63, 3.8) is 0 Å². The highest BCUT2D eigenvalue weighted by atomic mass is 16.4. The first kappa shape index (κ1) is 14.3. The Morgan fingerprint density at radius 2 is 1.72 bits per heavy atom. The molecule has 0 aromatic heterocycles. The maximum atomic E-state index is 10.6. The summed E-state index contributed by atoms with van der Waals surface area (Å²) in [5.41, 5.74) is 2.85. The number of carbonyl (C=O) groups is 1. The van der Waals surface area contributed by atoms with Gasteiger partial charge >= 0.3 is 5.97 Å². The highest BCUT2D eigenvalue weighted by molar-refractivity contribution is 5.74. The van der Waals surface area contributed by atoms with E-state index in [1.54, 1.807) is 0 Å². The fourth-order valence-corrected chi connectivity index (χ4v) is 1.74. The number of hydrogen-bond acceptors (Lipinski definition) is 4. The number of carboxylic acid groups (broad SMARTS) is 1. The maximum absolute atomic E-state index is 10.6. The van der Waals surface area contributed by atoms with Crippen LogP contribution in [0.2, 0.25) is 0 Å². The lowest BCUT2D eigenvalue weighted by molar-refractivity contribution is -0.146. The highest BCUT2D eigenvalue weighted by Crippen LogP contribution is 2.28. The van der Waals surface area contributed by atoms with Crippen LogP contribution in [0.25, 0.3) is 0 Å². The predicted molar refractivity (Wildman–Crippen MR) is 72.4 cm³/mol. The second-order valence-electron chi connectivity index (χ2n) is 4.67. The van der Waals surface area contributed by atoms with Gasteiger partial charge in [0.25, 0.3) is 0 Å². The number of benzene rings is 1. The van der Waals surface area contributed by atoms with E-state index in [1.165, 1.54) is 0 Å². The fraction of sp³-hybridized carbons (Fsp3) is 0.462. The van der Waals surface area contributed by atoms with E-state index in [9.17, 15) is 9.90 Å². The van der Waals surface area contributed by atoms with Crippen LogP contribution in [0.15, 0.2) is 18.2 Å². The van der Waals surface area contributed by atoms with Gasteiger partial charge in [-0.05, 0) is 17.7 Å². The van der Waals surface area contributed by atoms with Crippen molar-refractivity contribution in [1.82, 2.24) is 0 Å². The van der Waals surface area contributed by atoms with E-state index in [2.05, 4.69) is 0 Å². The lowest BCUT2D eigenvalue weighted by Crippen LogP contribution is -2.22. The molecule has 1 rings (SSSR count). The summed E-state index contributed by atoms with van der Waals surface area (Å²) in [6.07, 6.45) is -1.24. The summed E-state index contributed by atoms with van der Waals surface area (Å²) in [7, 11) is 7.77. The van der Waals surface area contributed by atoms with Crippen molar-refractivity contribution in [1.29, 1.82) is 0 Å². The second-order valence-corrected chi connectivity index (χ2v) is 4.67. The van der Waals surface area contributed by atoms with Gasteiger partial charge in [-0.2, -0.15) is 0 Å². The minimum absolute atomic E-state index is 0.115. The van der Waals surface area contributed by atoms with E-state index in [4.69, 9.17) is 5.11 Å². The standard InChI is InChI=1S/C13H20N2O3/c1-14(2)10-6-5-9(7-11(10)15(3)4)8-12(16)13(17)18/h5-7,12,16H,8H2,1-4H3,(H,17,18)/t12-/m1/s1. The summed E-state index contributed by atoms with van der Waals surface area (Å²) in [5.74, 6) is -1.20. The molecule has 1 atom stereocenters. The molecule has 0 radical (unpaired) electrons. The third-order valence-electron chi connectivity index (χ3n) is 2.72. The average Bonchev–Trinajstić information content (AvgIpc) is 2.28. The van der Waals surface area contributed by atoms with E-state index in [0.29, 0.717) is 0 Å². The summed E-state index contributed by atoms with van der Waals surface area (Å²) >= 11 is 0. The van der Waals surface area contributed by atoms with Crippen LogP contribution in [-0.4, -0.2) is 50.5 Å². The molecule has 0 fully saturated rings. The van der Waals surface area contributed by atoms with Crippen LogP contribution in [0.5, 0.6) is 0 Å². The first-order chi connectivity index (χ1) is 8.32. The monoisotopic (exact) mass is 252 g/mol. The Labute approximate surface area is 107 Å². The Hall–Kier alpha value is -1.75. The lowest BCUT2D eigenvalue weighted by Gasteiger charge is -2.23. The molecule has 0 heterocycles. The predicted octanol–water partition coefficient (Wildman–Crippen LogP) is 0.807. The maximum Gasteiger partial charge on any atom is 0.332 e. The van der Waals surface area contributed by atoms with E-state index in [0.717, 1.165) is 16.9 Å². The van der Waals surface area contributed by atoms with Crippen molar-refractivity contribution >= 4 is 17.3 Å². The van der Waals surface area contributed by atoms with Gasteiger partial charge in [0.05, 0.1) is 11.4 Å². The number of nitrogens with zero attached hydrogens (tertiary/aromatic N) is 2. The van der Waals surface area contributed by atoms with Gasteiger partial charge in [-0.15, -0.1) is 0 Å². The van der Waals surface area contributed by atoms with Gasteiger partial charge in [-0.1, -0.05) is 6.07 Å². The SMILES string of the molecule is CN(C)c1ccc(C[C@@H](O)C(=O)O)cc1N(C)C. The molecule has 0 aliphatic rings. The molecule has 1 aromatic carbocycles. The Morgan fingerprint density at radius 3 is 2.17 bits per heavy atom. The topological polar surface area (TPSA) is 64.0 Å². The summed E-state index contributed by atoms with van der Waals surface area (Å²) in [5, 5.41) is 18.1. The van der Waals surface area contributed by atoms with Gasteiger partial charge < -0.3 is 20.0 Å². The molecule has 0 saturated heterocycles. The van der Waals surface area contributed by atoms with Gasteiger partial charge in [-0.3, -0.25) is 0 Å². The number of rotatable bonds is 5. The number of aliphatic hydroxyl groups excluding tert-OH is 1. The largest absolute Gasteiger partial charge is 0.479 e. The molecule has 0 saturated carbocycles. The van der Waals surface area contributed by atoms with Crippen molar-refractivity contribution in [3.05, 3.63) is 23.8 Å². The molecular formula is C13H20N2O3. The molecule has 1 aromatic rings. The first-order valence-electron chi connectivity index (χ1n) is 5.71. The zero-order chi connectivity index (χ0) is 13.9. The minimum atomic E-state index is -1.36. The molecule has 100 valence electrons. The van der Waals surface area contributed by atoms with Crippen molar-refractivity contribution in [2.24, 2.45) is 0 Å². The van der Waals surface area contributed by atoms with Crippen molar-refractivity contribution in [2.75, 3.05) is 38.0 Å². The minimum Gasteiger partial charge on any atom is -0.479 e. The Morgan fingerprint density at radius 1 is 1.17 bits per heavy atom. The Balaban J connectivity index is 3.04. The number of aliphatic carboxylic acids is 1. The summed E-state index contributed by atoms with van der Waals surface area (Å²) < 4.78 is 0. The van der Waals surface area contributed by atoms with E-state index in [-0.39, 0.29) is 6.42 Å². The summed E-state index contributed by atoms with van der Waals surface area (Å²) in [4.78, 5) is 14.6. The van der Waals surface area contributed by atoms with E-state index >= 15 is 0 Å². The van der Waals surface area contributed by atoms with Crippen LogP contribution in [-0.2, 0) is 11.2 Å². The van der Waals surface area contributed by atoms with E-state index < -0.39 is 12.1 Å². The van der Waals surface area contributed by atoms with Gasteiger partial charge in [-0.25, -0.2) is 4.79 Å². The second kappa shape index (κ2) is 5.73. The summed E-state index contributed by atoms with van der Waals surface area (Å²) in [6, 6.07) is 5.68. The zero-order valence-electron chi connectivity index (χ0n) is 11.2. The number of carboxylic acids is 1. The molecule has 0 spiro atoms. The third kappa shape index (κ3) is 3.37. The van der Waals surface area contributed by atoms with Crippen molar-refractivity contribution in [2.45, 2.75) is 12.5 Å². The molecule has 5 heteroatoms. The van der Waals surface area contributed by atoms with Crippen LogP contribution in [0.1, 0.15) is 5.56 Å². The fourth-order valence-electron chi connectivity index (χ4n) is 1.74. The average molecular weight is 252 g/mol. The Kier molecular flexibility index (Phi) is 4.55. The highest BCUT2D eigenvalue weighted by Gasteiger charge is 2.15.